The van der Waals surface area contributed by atoms with Crippen molar-refractivity contribution >= 4 is 11.6 Å². The molecule has 1 unspecified atom stereocenters. The molecule has 4 heteroatoms. The van der Waals surface area contributed by atoms with E-state index >= 15 is 0 Å². The Bertz CT molecular complexity index is 525. The highest BCUT2D eigenvalue weighted by atomic mass is 35.5. The molecule has 0 radical (unpaired) electrons. The number of nitrogens with one attached hydrogen (secondary N) is 1. The first kappa shape index (κ1) is 14.0. The van der Waals surface area contributed by atoms with Crippen molar-refractivity contribution in [2.24, 2.45) is 0 Å². The maximum Gasteiger partial charge on any atom is 0.125 e. The Morgan fingerprint density at radius 3 is 2.58 bits per heavy atom. The van der Waals surface area contributed by atoms with Gasteiger partial charge in [0.15, 0.2) is 0 Å². The number of aryl methyl sites for hydroxylation is 1. The number of benzene rings is 1. The normalized spacial score (nSPS) is 12.4. The highest BCUT2D eigenvalue weighted by Crippen LogP contribution is 2.18. The van der Waals surface area contributed by atoms with Gasteiger partial charge in [0.1, 0.15) is 5.82 Å². The van der Waals surface area contributed by atoms with Gasteiger partial charge < -0.3 is 5.32 Å². The molecule has 0 aliphatic heterocycles. The van der Waals surface area contributed by atoms with Crippen molar-refractivity contribution in [1.29, 1.82) is 0 Å². The summed E-state index contributed by atoms with van der Waals surface area (Å²) in [6.45, 7) is 4.92. The molecule has 19 heavy (non-hydrogen) atoms. The number of likely N-dealkylation sites (N-methyl/N-ethyl adjacent to an activating group) is 1. The first-order chi connectivity index (χ1) is 9.19. The van der Waals surface area contributed by atoms with E-state index < -0.39 is 0 Å². The Hall–Kier alpha value is -1.45. The van der Waals surface area contributed by atoms with E-state index in [1.165, 1.54) is 5.56 Å². The van der Waals surface area contributed by atoms with E-state index in [9.17, 15) is 0 Å². The number of nitrogens with zero attached hydrogens (tertiary/aromatic N) is 2. The average molecular weight is 276 g/mol. The zero-order chi connectivity index (χ0) is 13.7. The molecule has 1 N–H and O–H groups in total. The summed E-state index contributed by atoms with van der Waals surface area (Å²) in [6.07, 6.45) is 2.70. The number of halogens is 1. The molecule has 0 aliphatic carbocycles. The van der Waals surface area contributed by atoms with Gasteiger partial charge in [-0.2, -0.15) is 0 Å². The predicted octanol–water partition coefficient (Wildman–Crippen LogP) is 3.33. The van der Waals surface area contributed by atoms with Gasteiger partial charge in [-0.3, -0.25) is 0 Å². The number of hydrogen-bond acceptors (Lipinski definition) is 3. The van der Waals surface area contributed by atoms with E-state index in [1.807, 2.05) is 31.3 Å². The third kappa shape index (κ3) is 4.01. The highest BCUT2D eigenvalue weighted by Gasteiger charge is 2.12. The largest absolute Gasteiger partial charge is 0.309 e. The van der Waals surface area contributed by atoms with Gasteiger partial charge in [0.05, 0.1) is 11.7 Å². The summed E-state index contributed by atoms with van der Waals surface area (Å²) >= 11 is 5.91. The van der Waals surface area contributed by atoms with Gasteiger partial charge in [-0.15, -0.1) is 0 Å². The molecule has 3 nitrogen and oxygen atoms in total. The summed E-state index contributed by atoms with van der Waals surface area (Å²) in [4.78, 5) is 8.65. The fourth-order valence-electron chi connectivity index (χ4n) is 2.05. The quantitative estimate of drug-likeness (QED) is 0.909. The number of rotatable bonds is 5. The Balaban J connectivity index is 2.18. The minimum absolute atomic E-state index is 0.202. The summed E-state index contributed by atoms with van der Waals surface area (Å²) in [5.74, 6) is 0.802. The smallest absolute Gasteiger partial charge is 0.125 e. The third-order valence-corrected chi connectivity index (χ3v) is 3.21. The lowest BCUT2D eigenvalue weighted by molar-refractivity contribution is 0.534. The number of hydrogen-bond donors (Lipinski definition) is 1. The zero-order valence-electron chi connectivity index (χ0n) is 11.2. The highest BCUT2D eigenvalue weighted by molar-refractivity contribution is 6.30. The van der Waals surface area contributed by atoms with E-state index in [2.05, 4.69) is 34.3 Å². The second kappa shape index (κ2) is 6.64. The fraction of sp³-hybridized carbons (Fsp3) is 0.333. The van der Waals surface area contributed by atoms with Gasteiger partial charge in [-0.05, 0) is 43.7 Å². The molecule has 1 heterocycles. The van der Waals surface area contributed by atoms with Gasteiger partial charge in [0.25, 0.3) is 0 Å². The molecule has 0 bridgehead atoms. The van der Waals surface area contributed by atoms with Gasteiger partial charge in [0.2, 0.25) is 0 Å². The third-order valence-electron chi connectivity index (χ3n) is 2.96. The Labute approximate surface area is 119 Å². The van der Waals surface area contributed by atoms with Crippen LogP contribution in [0.2, 0.25) is 5.02 Å². The van der Waals surface area contributed by atoms with Gasteiger partial charge in [-0.1, -0.05) is 30.7 Å². The molecule has 1 atom stereocenters. The molecule has 0 fully saturated rings. The molecule has 2 aromatic rings. The lowest BCUT2D eigenvalue weighted by Crippen LogP contribution is -2.24. The van der Waals surface area contributed by atoms with Crippen LogP contribution in [0.4, 0.5) is 0 Å². The standard InChI is InChI=1S/C15H18ClN3/c1-3-17-15(14-8-9-18-11(2)19-14)10-12-4-6-13(16)7-5-12/h4-9,15,17H,3,10H2,1-2H3. The van der Waals surface area contributed by atoms with Gasteiger partial charge in [-0.25, -0.2) is 9.97 Å². The van der Waals surface area contributed by atoms with E-state index in [0.717, 1.165) is 29.5 Å². The fourth-order valence-corrected chi connectivity index (χ4v) is 2.18. The lowest BCUT2D eigenvalue weighted by Gasteiger charge is -2.17. The van der Waals surface area contributed by atoms with Crippen LogP contribution in [-0.4, -0.2) is 16.5 Å². The summed E-state index contributed by atoms with van der Waals surface area (Å²) < 4.78 is 0. The van der Waals surface area contributed by atoms with Crippen molar-refractivity contribution in [2.75, 3.05) is 6.54 Å². The van der Waals surface area contributed by atoms with Gasteiger partial charge in [0, 0.05) is 11.2 Å². The molecular weight excluding hydrogens is 258 g/mol. The average Bonchev–Trinajstić information content (AvgIpc) is 2.41. The lowest BCUT2D eigenvalue weighted by atomic mass is 10.0. The number of aromatic nitrogens is 2. The van der Waals surface area contributed by atoms with Crippen molar-refractivity contribution < 1.29 is 0 Å². The molecule has 0 saturated heterocycles. The Kier molecular flexibility index (Phi) is 4.88. The van der Waals surface area contributed by atoms with Crippen LogP contribution in [0.5, 0.6) is 0 Å². The second-order valence-electron chi connectivity index (χ2n) is 4.47. The second-order valence-corrected chi connectivity index (χ2v) is 4.91. The first-order valence-electron chi connectivity index (χ1n) is 6.46. The Morgan fingerprint density at radius 2 is 1.95 bits per heavy atom. The topological polar surface area (TPSA) is 37.8 Å². The van der Waals surface area contributed by atoms with Crippen LogP contribution in [0.3, 0.4) is 0 Å². The molecule has 0 aliphatic rings. The van der Waals surface area contributed by atoms with E-state index in [4.69, 9.17) is 11.6 Å². The van der Waals surface area contributed by atoms with Crippen LogP contribution >= 0.6 is 11.6 Å². The minimum Gasteiger partial charge on any atom is -0.309 e. The van der Waals surface area contributed by atoms with E-state index in [-0.39, 0.29) is 6.04 Å². The monoisotopic (exact) mass is 275 g/mol. The van der Waals surface area contributed by atoms with E-state index in [0.29, 0.717) is 0 Å². The predicted molar refractivity (Wildman–Crippen MR) is 78.3 cm³/mol. The van der Waals surface area contributed by atoms with Crippen LogP contribution in [0, 0.1) is 6.92 Å². The maximum absolute atomic E-state index is 5.91. The SMILES string of the molecule is CCNC(Cc1ccc(Cl)cc1)c1ccnc(C)n1. The van der Waals surface area contributed by atoms with Gasteiger partial charge >= 0.3 is 0 Å². The van der Waals surface area contributed by atoms with Crippen molar-refractivity contribution in [1.82, 2.24) is 15.3 Å². The van der Waals surface area contributed by atoms with Crippen LogP contribution in [0.1, 0.15) is 30.0 Å². The van der Waals surface area contributed by atoms with Crippen molar-refractivity contribution in [3.8, 4) is 0 Å². The van der Waals surface area contributed by atoms with Crippen LogP contribution in [0.15, 0.2) is 36.5 Å². The molecule has 1 aromatic heterocycles. The Morgan fingerprint density at radius 1 is 1.21 bits per heavy atom. The summed E-state index contributed by atoms with van der Waals surface area (Å²) in [7, 11) is 0. The van der Waals surface area contributed by atoms with E-state index in [1.54, 1.807) is 0 Å². The molecule has 1 aromatic carbocycles. The molecule has 0 amide bonds. The van der Waals surface area contributed by atoms with Crippen LogP contribution < -0.4 is 5.32 Å². The molecule has 2 rings (SSSR count). The van der Waals surface area contributed by atoms with Crippen molar-refractivity contribution in [2.45, 2.75) is 26.3 Å². The van der Waals surface area contributed by atoms with Crippen molar-refractivity contribution in [3.05, 3.63) is 58.6 Å². The summed E-state index contributed by atoms with van der Waals surface area (Å²) in [5.41, 5.74) is 2.27. The van der Waals surface area contributed by atoms with Crippen molar-refractivity contribution in [3.63, 3.8) is 0 Å². The molecule has 100 valence electrons. The molecular formula is C15H18ClN3. The zero-order valence-corrected chi connectivity index (χ0v) is 12.0. The minimum atomic E-state index is 0.202. The molecule has 0 spiro atoms. The van der Waals surface area contributed by atoms with Crippen LogP contribution in [-0.2, 0) is 6.42 Å². The maximum atomic E-state index is 5.91. The molecule has 0 saturated carbocycles. The first-order valence-corrected chi connectivity index (χ1v) is 6.84. The van der Waals surface area contributed by atoms with Crippen LogP contribution in [0.25, 0.3) is 0 Å². The summed E-state index contributed by atoms with van der Waals surface area (Å²) in [5, 5.41) is 4.23. The summed E-state index contributed by atoms with van der Waals surface area (Å²) in [6, 6.07) is 10.1.